The van der Waals surface area contributed by atoms with Crippen LogP contribution in [0.25, 0.3) is 0 Å². The van der Waals surface area contributed by atoms with Gasteiger partial charge in [0.2, 0.25) is 0 Å². The van der Waals surface area contributed by atoms with E-state index >= 15 is 0 Å². The normalized spacial score (nSPS) is 26.3. The Morgan fingerprint density at radius 2 is 1.89 bits per heavy atom. The maximum atomic E-state index is 10.6. The summed E-state index contributed by atoms with van der Waals surface area (Å²) in [6, 6.07) is 8.28. The zero-order valence-corrected chi connectivity index (χ0v) is 12.7. The van der Waals surface area contributed by atoms with Crippen LogP contribution in [0.5, 0.6) is 0 Å². The first-order valence-electron chi connectivity index (χ1n) is 7.14. The smallest absolute Gasteiger partial charge is 0.0687 e. The van der Waals surface area contributed by atoms with Crippen molar-refractivity contribution in [2.75, 3.05) is 0 Å². The van der Waals surface area contributed by atoms with Crippen LogP contribution in [0, 0.1) is 12.8 Å². The summed E-state index contributed by atoms with van der Waals surface area (Å²) >= 11 is 0. The van der Waals surface area contributed by atoms with E-state index in [1.54, 1.807) is 0 Å². The van der Waals surface area contributed by atoms with Gasteiger partial charge in [0.25, 0.3) is 0 Å². The van der Waals surface area contributed by atoms with E-state index in [1.807, 2.05) is 12.1 Å². The van der Waals surface area contributed by atoms with Gasteiger partial charge in [-0.25, -0.2) is 0 Å². The van der Waals surface area contributed by atoms with Crippen LogP contribution in [0.4, 0.5) is 0 Å². The third-order valence-corrected chi connectivity index (χ3v) is 4.30. The number of hydrogen-bond donors (Lipinski definition) is 1. The molecule has 1 saturated heterocycles. The molecule has 2 nitrogen and oxygen atoms in total. The fraction of sp³-hybridized carbons (Fsp3) is 0.647. The molecule has 0 bridgehead atoms. The second-order valence-corrected chi connectivity index (χ2v) is 6.97. The van der Waals surface area contributed by atoms with E-state index in [0.717, 1.165) is 6.42 Å². The largest absolute Gasteiger partial charge is 0.392 e. The third kappa shape index (κ3) is 3.18. The molecule has 1 aliphatic rings. The first-order valence-corrected chi connectivity index (χ1v) is 7.14. The first kappa shape index (κ1) is 14.5. The van der Waals surface area contributed by atoms with Gasteiger partial charge in [-0.1, -0.05) is 24.3 Å². The summed E-state index contributed by atoms with van der Waals surface area (Å²) in [5, 5.41) is 10.6. The van der Waals surface area contributed by atoms with Crippen molar-refractivity contribution in [3.8, 4) is 0 Å². The molecule has 106 valence electrons. The van der Waals surface area contributed by atoms with Crippen molar-refractivity contribution in [1.82, 2.24) is 0 Å². The summed E-state index contributed by atoms with van der Waals surface area (Å²) in [5.74, 6) is 0.183. The number of rotatable bonds is 3. The molecule has 2 unspecified atom stereocenters. The molecule has 1 heterocycles. The van der Waals surface area contributed by atoms with Gasteiger partial charge in [-0.05, 0) is 58.6 Å². The van der Waals surface area contributed by atoms with Gasteiger partial charge in [0.05, 0.1) is 17.3 Å². The number of aryl methyl sites for hydroxylation is 1. The molecule has 19 heavy (non-hydrogen) atoms. The lowest BCUT2D eigenvalue weighted by Gasteiger charge is -2.30. The van der Waals surface area contributed by atoms with Crippen molar-refractivity contribution in [3.63, 3.8) is 0 Å². The maximum absolute atomic E-state index is 10.6. The van der Waals surface area contributed by atoms with Crippen LogP contribution in [0.1, 0.15) is 45.2 Å². The van der Waals surface area contributed by atoms with E-state index in [0.29, 0.717) is 6.42 Å². The van der Waals surface area contributed by atoms with E-state index in [9.17, 15) is 5.11 Å². The number of benzene rings is 1. The van der Waals surface area contributed by atoms with Gasteiger partial charge in [0, 0.05) is 5.92 Å². The Morgan fingerprint density at radius 1 is 1.26 bits per heavy atom. The van der Waals surface area contributed by atoms with E-state index < -0.39 is 0 Å². The van der Waals surface area contributed by atoms with Crippen LogP contribution in [0.3, 0.4) is 0 Å². The van der Waals surface area contributed by atoms with Crippen molar-refractivity contribution < 1.29 is 9.84 Å². The highest BCUT2D eigenvalue weighted by Gasteiger charge is 2.48. The minimum atomic E-state index is -0.349. The number of aliphatic hydroxyl groups is 1. The molecule has 1 aliphatic heterocycles. The predicted molar refractivity (Wildman–Crippen MR) is 78.2 cm³/mol. The predicted octanol–water partition coefficient (Wildman–Crippen LogP) is 3.49. The summed E-state index contributed by atoms with van der Waals surface area (Å²) in [4.78, 5) is 0. The molecule has 2 rings (SSSR count). The molecular formula is C17H26O2. The monoisotopic (exact) mass is 262 g/mol. The zero-order chi connectivity index (χ0) is 14.3. The number of aliphatic hydroxyl groups excluding tert-OH is 1. The highest BCUT2D eigenvalue weighted by Crippen LogP contribution is 2.44. The second-order valence-electron chi connectivity index (χ2n) is 6.97. The van der Waals surface area contributed by atoms with Crippen molar-refractivity contribution in [1.29, 1.82) is 0 Å². The van der Waals surface area contributed by atoms with E-state index in [2.05, 4.69) is 46.8 Å². The molecule has 0 spiro atoms. The SMILES string of the molecule is Cc1ccccc1CC(O)C1CC(C)(C)OC1(C)C. The van der Waals surface area contributed by atoms with Crippen LogP contribution < -0.4 is 0 Å². The molecule has 1 N–H and O–H groups in total. The van der Waals surface area contributed by atoms with Crippen LogP contribution in [0.15, 0.2) is 24.3 Å². The second kappa shape index (κ2) is 4.92. The minimum Gasteiger partial charge on any atom is -0.392 e. The van der Waals surface area contributed by atoms with Gasteiger partial charge in [0.1, 0.15) is 0 Å². The Hall–Kier alpha value is -0.860. The van der Waals surface area contributed by atoms with E-state index in [1.165, 1.54) is 11.1 Å². The molecule has 0 aliphatic carbocycles. The van der Waals surface area contributed by atoms with Gasteiger partial charge in [-0.15, -0.1) is 0 Å². The fourth-order valence-electron chi connectivity index (χ4n) is 3.41. The molecule has 0 amide bonds. The quantitative estimate of drug-likeness (QED) is 0.903. The molecule has 2 heteroatoms. The Balaban J connectivity index is 2.13. The van der Waals surface area contributed by atoms with Gasteiger partial charge in [0.15, 0.2) is 0 Å². The third-order valence-electron chi connectivity index (χ3n) is 4.30. The van der Waals surface area contributed by atoms with Crippen LogP contribution in [0.2, 0.25) is 0 Å². The average Bonchev–Trinajstić information content (AvgIpc) is 2.50. The highest BCUT2D eigenvalue weighted by molar-refractivity contribution is 5.26. The number of ether oxygens (including phenoxy) is 1. The maximum Gasteiger partial charge on any atom is 0.0687 e. The van der Waals surface area contributed by atoms with Crippen molar-refractivity contribution in [2.45, 2.75) is 64.8 Å². The summed E-state index contributed by atoms with van der Waals surface area (Å²) in [6.07, 6.45) is 1.27. The summed E-state index contributed by atoms with van der Waals surface area (Å²) < 4.78 is 6.08. The highest BCUT2D eigenvalue weighted by atomic mass is 16.5. The lowest BCUT2D eigenvalue weighted by atomic mass is 9.80. The summed E-state index contributed by atoms with van der Waals surface area (Å²) in [6.45, 7) is 10.5. The molecule has 2 atom stereocenters. The van der Waals surface area contributed by atoms with E-state index in [-0.39, 0.29) is 23.2 Å². The Labute approximate surface area is 116 Å². The molecule has 0 saturated carbocycles. The molecular weight excluding hydrogens is 236 g/mol. The average molecular weight is 262 g/mol. The van der Waals surface area contributed by atoms with Gasteiger partial charge < -0.3 is 9.84 Å². The molecule has 0 aromatic heterocycles. The summed E-state index contributed by atoms with van der Waals surface area (Å²) in [5.41, 5.74) is 2.08. The molecule has 1 aromatic carbocycles. The Kier molecular flexibility index (Phi) is 3.76. The Bertz CT molecular complexity index is 448. The zero-order valence-electron chi connectivity index (χ0n) is 12.7. The fourth-order valence-corrected chi connectivity index (χ4v) is 3.41. The molecule has 1 aromatic rings. The number of hydrogen-bond acceptors (Lipinski definition) is 2. The molecule has 1 fully saturated rings. The standard InChI is InChI=1S/C17H26O2/c1-12-8-6-7-9-13(12)10-15(18)14-11-16(2,3)19-17(14,4)5/h6-9,14-15,18H,10-11H2,1-5H3. The van der Waals surface area contributed by atoms with Gasteiger partial charge in [-0.3, -0.25) is 0 Å². The molecule has 0 radical (unpaired) electrons. The van der Waals surface area contributed by atoms with Crippen molar-refractivity contribution >= 4 is 0 Å². The topological polar surface area (TPSA) is 29.5 Å². The first-order chi connectivity index (χ1) is 8.71. The van der Waals surface area contributed by atoms with Crippen molar-refractivity contribution in [2.24, 2.45) is 5.92 Å². The van der Waals surface area contributed by atoms with Crippen LogP contribution >= 0.6 is 0 Å². The lowest BCUT2D eigenvalue weighted by molar-refractivity contribution is -0.0873. The Morgan fingerprint density at radius 3 is 2.42 bits per heavy atom. The van der Waals surface area contributed by atoms with Crippen LogP contribution in [-0.2, 0) is 11.2 Å². The van der Waals surface area contributed by atoms with Crippen molar-refractivity contribution in [3.05, 3.63) is 35.4 Å². The van der Waals surface area contributed by atoms with Gasteiger partial charge in [-0.2, -0.15) is 0 Å². The van der Waals surface area contributed by atoms with E-state index in [4.69, 9.17) is 4.74 Å². The minimum absolute atomic E-state index is 0.138. The summed E-state index contributed by atoms with van der Waals surface area (Å²) in [7, 11) is 0. The lowest BCUT2D eigenvalue weighted by Crippen LogP contribution is -2.37. The van der Waals surface area contributed by atoms with Gasteiger partial charge >= 0.3 is 0 Å². The van der Waals surface area contributed by atoms with Crippen LogP contribution in [-0.4, -0.2) is 22.4 Å².